The summed E-state index contributed by atoms with van der Waals surface area (Å²) in [6.45, 7) is 0.179. The molecule has 11 nitrogen and oxygen atoms in total. The van der Waals surface area contributed by atoms with Crippen molar-refractivity contribution in [2.24, 2.45) is 11.3 Å². The van der Waals surface area contributed by atoms with Crippen molar-refractivity contribution in [2.75, 3.05) is 6.54 Å². The van der Waals surface area contributed by atoms with E-state index in [-0.39, 0.29) is 38.1 Å². The normalized spacial score (nSPS) is 25.2. The van der Waals surface area contributed by atoms with Gasteiger partial charge in [-0.25, -0.2) is 4.79 Å². The highest BCUT2D eigenvalue weighted by Crippen LogP contribution is 2.50. The van der Waals surface area contributed by atoms with Crippen molar-refractivity contribution in [3.63, 3.8) is 0 Å². The molecule has 11 heteroatoms. The van der Waals surface area contributed by atoms with Crippen molar-refractivity contribution in [2.45, 2.75) is 44.6 Å². The van der Waals surface area contributed by atoms with Gasteiger partial charge in [0.15, 0.2) is 0 Å². The number of hydrogen-bond acceptors (Lipinski definition) is 8. The summed E-state index contributed by atoms with van der Waals surface area (Å²) < 4.78 is 5.49. The summed E-state index contributed by atoms with van der Waals surface area (Å²) in [6, 6.07) is 8.30. The average molecular weight is 484 g/mol. The molecular weight excluding hydrogens is 460 g/mol. The van der Waals surface area contributed by atoms with E-state index >= 15 is 0 Å². The van der Waals surface area contributed by atoms with E-state index in [1.54, 1.807) is 30.3 Å². The minimum absolute atomic E-state index is 0.0910. The maximum atomic E-state index is 12.6. The van der Waals surface area contributed by atoms with Gasteiger partial charge in [-0.2, -0.15) is 0 Å². The molecule has 1 saturated carbocycles. The summed E-state index contributed by atoms with van der Waals surface area (Å²) in [6.07, 6.45) is 0.543. The van der Waals surface area contributed by atoms with Crippen LogP contribution in [0.4, 0.5) is 4.79 Å². The maximum absolute atomic E-state index is 12.6. The topological polar surface area (TPSA) is 148 Å². The number of amides is 4. The number of benzene rings is 1. The molecule has 1 aliphatic carbocycles. The lowest BCUT2D eigenvalue weighted by Crippen LogP contribution is -2.45. The van der Waals surface area contributed by atoms with Gasteiger partial charge < -0.3 is 9.84 Å². The number of ether oxygens (including phenoxy) is 1. The van der Waals surface area contributed by atoms with Crippen LogP contribution in [-0.2, 0) is 33.5 Å². The molecule has 2 fully saturated rings. The lowest BCUT2D eigenvalue weighted by atomic mass is 9.65. The standard InChI is InChI=1S/C24H24N2O9/c27-17-6-7-18(28)25(17)14-15-10-12-24(13-11-15,22(31)32)21(16-4-2-1-3-5-16)34-23(33)35-26-19(29)8-9-20(26)30/h1-7,15,21H,8-14H2,(H,31,32). The van der Waals surface area contributed by atoms with E-state index in [0.29, 0.717) is 23.5 Å². The number of aliphatic carboxylic acids is 1. The molecular formula is C24H24N2O9. The summed E-state index contributed by atoms with van der Waals surface area (Å²) in [5, 5.41) is 10.6. The Labute approximate surface area is 200 Å². The van der Waals surface area contributed by atoms with Crippen molar-refractivity contribution in [1.82, 2.24) is 9.96 Å². The van der Waals surface area contributed by atoms with Crippen molar-refractivity contribution < 1.29 is 43.4 Å². The van der Waals surface area contributed by atoms with Crippen molar-refractivity contribution in [3.05, 3.63) is 48.0 Å². The first kappa shape index (κ1) is 24.1. The largest absolute Gasteiger partial charge is 0.534 e. The van der Waals surface area contributed by atoms with Crippen molar-refractivity contribution in [3.8, 4) is 0 Å². The highest BCUT2D eigenvalue weighted by atomic mass is 16.8. The van der Waals surface area contributed by atoms with Gasteiger partial charge in [0.2, 0.25) is 0 Å². The predicted molar refractivity (Wildman–Crippen MR) is 116 cm³/mol. The SMILES string of the molecule is O=C(OC(c1ccccc1)C1(C(=O)O)CCC(CN2C(=O)C=CC2=O)CC1)ON1C(=O)CCC1=O. The molecule has 2 aliphatic heterocycles. The first-order valence-electron chi connectivity index (χ1n) is 11.3. The fourth-order valence-corrected chi connectivity index (χ4v) is 4.81. The Bertz CT molecular complexity index is 1060. The van der Waals surface area contributed by atoms with Crippen LogP contribution in [0.25, 0.3) is 0 Å². The second-order valence-corrected chi connectivity index (χ2v) is 8.86. The minimum atomic E-state index is -1.52. The van der Waals surface area contributed by atoms with Crippen LogP contribution in [0.2, 0.25) is 0 Å². The Kier molecular flexibility index (Phi) is 6.68. The zero-order valence-electron chi connectivity index (χ0n) is 18.8. The maximum Gasteiger partial charge on any atom is 0.534 e. The molecule has 4 amide bonds. The molecule has 184 valence electrons. The number of carbonyl (C=O) groups is 6. The Hall–Kier alpha value is -4.02. The highest BCUT2D eigenvalue weighted by Gasteiger charge is 2.52. The van der Waals surface area contributed by atoms with Crippen molar-refractivity contribution in [1.29, 1.82) is 0 Å². The summed E-state index contributed by atoms with van der Waals surface area (Å²) in [7, 11) is 0. The van der Waals surface area contributed by atoms with Crippen LogP contribution >= 0.6 is 0 Å². The number of carboxylic acids is 1. The van der Waals surface area contributed by atoms with E-state index in [4.69, 9.17) is 9.57 Å². The Morgan fingerprint density at radius 2 is 1.54 bits per heavy atom. The molecule has 1 unspecified atom stereocenters. The third-order valence-electron chi connectivity index (χ3n) is 6.75. The monoisotopic (exact) mass is 484 g/mol. The molecule has 2 heterocycles. The second-order valence-electron chi connectivity index (χ2n) is 8.86. The number of nitrogens with zero attached hydrogens (tertiary/aromatic N) is 2. The summed E-state index contributed by atoms with van der Waals surface area (Å²) in [5.74, 6) is -3.46. The average Bonchev–Trinajstić information content (AvgIpc) is 3.34. The van der Waals surface area contributed by atoms with Gasteiger partial charge in [0.05, 0.1) is 0 Å². The van der Waals surface area contributed by atoms with Gasteiger partial charge in [-0.15, -0.1) is 0 Å². The van der Waals surface area contributed by atoms with E-state index in [0.717, 1.165) is 4.90 Å². The van der Waals surface area contributed by atoms with Crippen LogP contribution in [0, 0.1) is 11.3 Å². The van der Waals surface area contributed by atoms with Gasteiger partial charge in [-0.3, -0.25) is 33.7 Å². The molecule has 0 bridgehead atoms. The van der Waals surface area contributed by atoms with E-state index in [1.165, 1.54) is 12.2 Å². The lowest BCUT2D eigenvalue weighted by Gasteiger charge is -2.42. The Morgan fingerprint density at radius 1 is 0.971 bits per heavy atom. The first-order chi connectivity index (χ1) is 16.7. The fourth-order valence-electron chi connectivity index (χ4n) is 4.81. The fraction of sp³-hybridized carbons (Fsp3) is 0.417. The van der Waals surface area contributed by atoms with Gasteiger partial charge in [-0.05, 0) is 37.2 Å². The molecule has 1 atom stereocenters. The number of rotatable bonds is 7. The molecule has 4 rings (SSSR count). The van der Waals surface area contributed by atoms with E-state index in [2.05, 4.69) is 0 Å². The predicted octanol–water partition coefficient (Wildman–Crippen LogP) is 2.13. The third kappa shape index (κ3) is 4.79. The van der Waals surface area contributed by atoms with Gasteiger partial charge in [0.1, 0.15) is 11.5 Å². The van der Waals surface area contributed by atoms with Crippen LogP contribution in [-0.4, -0.2) is 57.4 Å². The van der Waals surface area contributed by atoms with E-state index in [9.17, 15) is 33.9 Å². The van der Waals surface area contributed by atoms with Crippen LogP contribution in [0.3, 0.4) is 0 Å². The van der Waals surface area contributed by atoms with Gasteiger partial charge in [-0.1, -0.05) is 35.4 Å². The van der Waals surface area contributed by atoms with Crippen LogP contribution in [0.5, 0.6) is 0 Å². The number of hydroxylamine groups is 2. The van der Waals surface area contributed by atoms with Crippen molar-refractivity contribution >= 4 is 35.8 Å². The number of carbonyl (C=O) groups excluding carboxylic acids is 5. The summed E-state index contributed by atoms with van der Waals surface area (Å²) >= 11 is 0. The zero-order chi connectivity index (χ0) is 25.2. The Balaban J connectivity index is 1.53. The van der Waals surface area contributed by atoms with Crippen LogP contribution in [0.15, 0.2) is 42.5 Å². The number of imide groups is 2. The van der Waals surface area contributed by atoms with Gasteiger partial charge in [0.25, 0.3) is 23.6 Å². The minimum Gasteiger partial charge on any atom is -0.481 e. The summed E-state index contributed by atoms with van der Waals surface area (Å²) in [4.78, 5) is 78.5. The third-order valence-corrected chi connectivity index (χ3v) is 6.75. The lowest BCUT2D eigenvalue weighted by molar-refractivity contribution is -0.185. The Morgan fingerprint density at radius 3 is 2.09 bits per heavy atom. The van der Waals surface area contributed by atoms with E-state index < -0.39 is 47.3 Å². The number of carboxylic acid groups (broad SMARTS) is 1. The van der Waals surface area contributed by atoms with Crippen LogP contribution in [0.1, 0.15) is 50.2 Å². The van der Waals surface area contributed by atoms with E-state index in [1.807, 2.05) is 0 Å². The van der Waals surface area contributed by atoms with Gasteiger partial charge >= 0.3 is 12.1 Å². The molecule has 0 radical (unpaired) electrons. The van der Waals surface area contributed by atoms with Crippen LogP contribution < -0.4 is 0 Å². The molecule has 1 N–H and O–H groups in total. The summed E-state index contributed by atoms with van der Waals surface area (Å²) in [5.41, 5.74) is -1.11. The molecule has 1 saturated heterocycles. The first-order valence-corrected chi connectivity index (χ1v) is 11.3. The molecule has 0 spiro atoms. The molecule has 35 heavy (non-hydrogen) atoms. The molecule has 1 aromatic rings. The molecule has 1 aromatic carbocycles. The van der Waals surface area contributed by atoms with Gasteiger partial charge in [0, 0.05) is 31.5 Å². The quantitative estimate of drug-likeness (QED) is 0.454. The second kappa shape index (κ2) is 9.69. The highest BCUT2D eigenvalue weighted by molar-refractivity contribution is 6.12. The molecule has 0 aromatic heterocycles. The smallest absolute Gasteiger partial charge is 0.481 e. The molecule has 3 aliphatic rings. The number of hydrogen-bond donors (Lipinski definition) is 1. The zero-order valence-corrected chi connectivity index (χ0v) is 18.8.